The molecule has 1 aromatic heterocycles. The summed E-state index contributed by atoms with van der Waals surface area (Å²) in [6, 6.07) is 9.44. The van der Waals surface area contributed by atoms with Gasteiger partial charge in [0.1, 0.15) is 11.3 Å². The molecule has 2 rings (SSSR count). The van der Waals surface area contributed by atoms with Gasteiger partial charge in [0.25, 0.3) is 0 Å². The Kier molecular flexibility index (Phi) is 4.58. The van der Waals surface area contributed by atoms with Gasteiger partial charge in [0.15, 0.2) is 5.78 Å². The number of hydrogen-bond acceptors (Lipinski definition) is 4. The van der Waals surface area contributed by atoms with Crippen LogP contribution in [-0.2, 0) is 0 Å². The highest BCUT2D eigenvalue weighted by Crippen LogP contribution is 2.21. The number of hydrogen-bond donors (Lipinski definition) is 1. The van der Waals surface area contributed by atoms with E-state index in [1.165, 1.54) is 0 Å². The van der Waals surface area contributed by atoms with E-state index in [1.807, 2.05) is 38.1 Å². The molecule has 0 aliphatic carbocycles. The summed E-state index contributed by atoms with van der Waals surface area (Å²) in [4.78, 5) is 24.1. The number of rotatable bonds is 5. The molecule has 110 valence electrons. The Morgan fingerprint density at radius 2 is 1.86 bits per heavy atom. The molecule has 1 N–H and O–H groups in total. The zero-order chi connectivity index (χ0) is 15.4. The smallest absolute Gasteiger partial charge is 0.348 e. The van der Waals surface area contributed by atoms with Crippen molar-refractivity contribution in [2.24, 2.45) is 0 Å². The third-order valence-electron chi connectivity index (χ3n) is 3.16. The van der Waals surface area contributed by atoms with Crippen LogP contribution in [0.1, 0.15) is 41.4 Å². The fourth-order valence-electron chi connectivity index (χ4n) is 2.12. The molecule has 0 bridgehead atoms. The number of benzene rings is 1. The molecule has 2 aromatic rings. The van der Waals surface area contributed by atoms with Gasteiger partial charge in [0.05, 0.1) is 5.69 Å². The number of ketones is 1. The van der Waals surface area contributed by atoms with E-state index < -0.39 is 5.63 Å². The number of carbonyl (C=O) groups excluding carboxylic acids is 1. The summed E-state index contributed by atoms with van der Waals surface area (Å²) in [5, 5.41) is 3.14. The van der Waals surface area contributed by atoms with Gasteiger partial charge < -0.3 is 9.73 Å². The molecule has 0 fully saturated rings. The molecule has 0 atom stereocenters. The van der Waals surface area contributed by atoms with E-state index in [0.29, 0.717) is 24.3 Å². The third kappa shape index (κ3) is 3.60. The van der Waals surface area contributed by atoms with Gasteiger partial charge in [-0.1, -0.05) is 24.6 Å². The number of anilines is 2. The van der Waals surface area contributed by atoms with Crippen LogP contribution in [0.4, 0.5) is 11.4 Å². The summed E-state index contributed by atoms with van der Waals surface area (Å²) >= 11 is 0. The van der Waals surface area contributed by atoms with Crippen LogP contribution in [0.25, 0.3) is 0 Å². The molecular weight excluding hydrogens is 266 g/mol. The summed E-state index contributed by atoms with van der Waals surface area (Å²) in [7, 11) is 0. The number of carbonyl (C=O) groups is 1. The van der Waals surface area contributed by atoms with Crippen LogP contribution in [0.5, 0.6) is 0 Å². The van der Waals surface area contributed by atoms with Crippen molar-refractivity contribution in [2.75, 3.05) is 5.32 Å². The number of nitrogens with one attached hydrogen (secondary N) is 1. The minimum absolute atomic E-state index is 0.100. The van der Waals surface area contributed by atoms with Crippen LogP contribution in [0.2, 0.25) is 0 Å². The van der Waals surface area contributed by atoms with Gasteiger partial charge in [-0.3, -0.25) is 4.79 Å². The van der Waals surface area contributed by atoms with Crippen molar-refractivity contribution in [3.63, 3.8) is 0 Å². The lowest BCUT2D eigenvalue weighted by Crippen LogP contribution is -2.17. The zero-order valence-electron chi connectivity index (χ0n) is 12.5. The van der Waals surface area contributed by atoms with E-state index in [2.05, 4.69) is 5.32 Å². The molecule has 0 radical (unpaired) electrons. The minimum atomic E-state index is -0.580. The standard InChI is InChI=1S/C17H19NO3/c1-4-5-15(19)16-14(10-12(3)21-17(16)20)18-13-8-6-11(2)7-9-13/h6-10,18H,4-5H2,1-3H3. The molecule has 4 nitrogen and oxygen atoms in total. The van der Waals surface area contributed by atoms with E-state index in [-0.39, 0.29) is 11.3 Å². The van der Waals surface area contributed by atoms with Crippen LogP contribution >= 0.6 is 0 Å². The van der Waals surface area contributed by atoms with Crippen molar-refractivity contribution < 1.29 is 9.21 Å². The molecule has 4 heteroatoms. The SMILES string of the molecule is CCCC(=O)c1c(Nc2ccc(C)cc2)cc(C)oc1=O. The highest BCUT2D eigenvalue weighted by atomic mass is 16.4. The molecule has 1 aromatic carbocycles. The highest BCUT2D eigenvalue weighted by Gasteiger charge is 2.17. The maximum absolute atomic E-state index is 12.1. The third-order valence-corrected chi connectivity index (χ3v) is 3.16. The van der Waals surface area contributed by atoms with E-state index in [4.69, 9.17) is 4.42 Å². The quantitative estimate of drug-likeness (QED) is 0.844. The van der Waals surface area contributed by atoms with Crippen molar-refractivity contribution in [2.45, 2.75) is 33.6 Å². The minimum Gasteiger partial charge on any atom is -0.428 e. The average molecular weight is 285 g/mol. The molecule has 0 aliphatic rings. The maximum Gasteiger partial charge on any atom is 0.348 e. The van der Waals surface area contributed by atoms with Crippen molar-refractivity contribution in [1.82, 2.24) is 0 Å². The van der Waals surface area contributed by atoms with Crippen LogP contribution in [-0.4, -0.2) is 5.78 Å². The number of Topliss-reactive ketones (excluding diaryl/α,β-unsaturated/α-hetero) is 1. The Balaban J connectivity index is 2.44. The molecule has 0 amide bonds. The first-order valence-corrected chi connectivity index (χ1v) is 7.03. The molecule has 0 spiro atoms. The van der Waals surface area contributed by atoms with Gasteiger partial charge in [0.2, 0.25) is 0 Å². The lowest BCUT2D eigenvalue weighted by molar-refractivity contribution is 0.0978. The second-order valence-corrected chi connectivity index (χ2v) is 5.10. The monoisotopic (exact) mass is 285 g/mol. The van der Waals surface area contributed by atoms with Gasteiger partial charge >= 0.3 is 5.63 Å². The van der Waals surface area contributed by atoms with Crippen molar-refractivity contribution in [3.8, 4) is 0 Å². The maximum atomic E-state index is 12.1. The van der Waals surface area contributed by atoms with E-state index >= 15 is 0 Å². The van der Waals surface area contributed by atoms with Gasteiger partial charge in [-0.05, 0) is 32.4 Å². The van der Waals surface area contributed by atoms with Crippen LogP contribution in [0, 0.1) is 13.8 Å². The highest BCUT2D eigenvalue weighted by molar-refractivity contribution is 6.01. The fraction of sp³-hybridized carbons (Fsp3) is 0.294. The Morgan fingerprint density at radius 3 is 2.48 bits per heavy atom. The van der Waals surface area contributed by atoms with E-state index in [9.17, 15) is 9.59 Å². The summed E-state index contributed by atoms with van der Waals surface area (Å²) in [6.45, 7) is 5.60. The second-order valence-electron chi connectivity index (χ2n) is 5.10. The Labute approximate surface area is 123 Å². The Hall–Kier alpha value is -2.36. The molecule has 0 unspecified atom stereocenters. The molecule has 0 aliphatic heterocycles. The normalized spacial score (nSPS) is 10.4. The summed E-state index contributed by atoms with van der Waals surface area (Å²) in [5.41, 5.74) is 2.00. The second kappa shape index (κ2) is 6.39. The molecule has 0 saturated carbocycles. The Bertz CT molecular complexity index is 699. The van der Waals surface area contributed by atoms with Crippen LogP contribution < -0.4 is 10.9 Å². The molecule has 1 heterocycles. The first-order valence-electron chi connectivity index (χ1n) is 7.03. The molecule has 21 heavy (non-hydrogen) atoms. The van der Waals surface area contributed by atoms with Crippen molar-refractivity contribution >= 4 is 17.2 Å². The van der Waals surface area contributed by atoms with Gasteiger partial charge in [-0.2, -0.15) is 0 Å². The van der Waals surface area contributed by atoms with Crippen LogP contribution in [0.15, 0.2) is 39.5 Å². The largest absolute Gasteiger partial charge is 0.428 e. The summed E-state index contributed by atoms with van der Waals surface area (Å²) < 4.78 is 5.06. The summed E-state index contributed by atoms with van der Waals surface area (Å²) in [6.07, 6.45) is 1.02. The van der Waals surface area contributed by atoms with Crippen LogP contribution in [0.3, 0.4) is 0 Å². The predicted molar refractivity (Wildman–Crippen MR) is 83.4 cm³/mol. The Morgan fingerprint density at radius 1 is 1.19 bits per heavy atom. The lowest BCUT2D eigenvalue weighted by Gasteiger charge is -2.11. The van der Waals surface area contributed by atoms with Gasteiger partial charge in [0, 0.05) is 18.2 Å². The van der Waals surface area contributed by atoms with E-state index in [0.717, 1.165) is 11.3 Å². The average Bonchev–Trinajstić information content (AvgIpc) is 2.41. The van der Waals surface area contributed by atoms with Gasteiger partial charge in [-0.25, -0.2) is 4.79 Å². The van der Waals surface area contributed by atoms with Gasteiger partial charge in [-0.15, -0.1) is 0 Å². The van der Waals surface area contributed by atoms with Crippen molar-refractivity contribution in [1.29, 1.82) is 0 Å². The summed E-state index contributed by atoms with van der Waals surface area (Å²) in [5.74, 6) is 0.281. The topological polar surface area (TPSA) is 59.3 Å². The first kappa shape index (κ1) is 15.0. The number of aryl methyl sites for hydroxylation is 2. The predicted octanol–water partition coefficient (Wildman–Crippen LogP) is 3.98. The first-order chi connectivity index (χ1) is 10.0. The van der Waals surface area contributed by atoms with Crippen molar-refractivity contribution in [3.05, 3.63) is 57.6 Å². The fourth-order valence-corrected chi connectivity index (χ4v) is 2.12. The van der Waals surface area contributed by atoms with E-state index in [1.54, 1.807) is 13.0 Å². The lowest BCUT2D eigenvalue weighted by atomic mass is 10.1. The molecular formula is C17H19NO3. The zero-order valence-corrected chi connectivity index (χ0v) is 12.5. The molecule has 0 saturated heterocycles.